The molecule has 0 saturated carbocycles. The SMILES string of the molecule is O=C1c2nc(-c3ccc(C(F)(F)F)cc3)c(-c3ccc(C(F)(F)F)cc3)nc2C(=O)c2nc(-c3ccc(C(F)(F)F)cc3)c(-c3ccc(C(F)(F)F)cc3)nc21.[C-]#[N+]/C(C#N)=C1\c2ccccc2S(=O)(=O)c2cc(C#N)ccc21.[C-]#[N+]C(C#N)=c1c2nc(-c3ccc(C(F)(F)F)cc3)c(-c3ccc(C(F)(F)F)cc3)nc2c(=C(C#N)[N+]#[C-])c2nc(-c3ccc(C(F)(F)F)cc3)c(-c3ccc(C(F)(F)F)cc3)nc12. The molecule has 0 saturated heterocycles. The predicted octanol–water partition coefficient (Wildman–Crippen LogP) is 25.1. The third kappa shape index (κ3) is 19.4. The summed E-state index contributed by atoms with van der Waals surface area (Å²) in [5, 5.41) is 37.8. The van der Waals surface area contributed by atoms with E-state index in [1.807, 2.05) is 12.1 Å². The Morgan fingerprint density at radius 1 is 0.259 bits per heavy atom. The molecule has 15 aromatic rings. The minimum Gasteiger partial charge on any atom is -0.285 e. The summed E-state index contributed by atoms with van der Waals surface area (Å²) in [6, 6.07) is 43.7. The lowest BCUT2D eigenvalue weighted by molar-refractivity contribution is -0.138. The minimum atomic E-state index is -4.82. The van der Waals surface area contributed by atoms with Crippen molar-refractivity contribution in [2.45, 2.75) is 59.2 Å². The summed E-state index contributed by atoms with van der Waals surface area (Å²) in [5.41, 5.74) is -17.8. The molecule has 2 aliphatic rings. The number of halogens is 24. The highest BCUT2D eigenvalue weighted by Crippen LogP contribution is 2.48. The van der Waals surface area contributed by atoms with Gasteiger partial charge in [0.25, 0.3) is 17.1 Å². The van der Waals surface area contributed by atoms with Crippen molar-refractivity contribution >= 4 is 60.4 Å². The fraction of sp³-hybridized carbons (Fsp3) is 0.0808. The number of ketones is 2. The van der Waals surface area contributed by atoms with E-state index >= 15 is 0 Å². The number of allylic oxidation sites excluding steroid dienone is 1. The Morgan fingerprint density at radius 2 is 0.462 bits per heavy atom. The summed E-state index contributed by atoms with van der Waals surface area (Å²) in [6.07, 6.45) is -38.3. The first-order valence-corrected chi connectivity index (χ1v) is 41.4. The van der Waals surface area contributed by atoms with Gasteiger partial charge >= 0.3 is 49.4 Å². The predicted molar refractivity (Wildman–Crippen MR) is 459 cm³/mol. The maximum atomic E-state index is 14.1. The largest absolute Gasteiger partial charge is 0.416 e. The van der Waals surface area contributed by atoms with Crippen molar-refractivity contribution in [3.8, 4) is 114 Å². The molecule has 44 heteroatoms. The fourth-order valence-electron chi connectivity index (χ4n) is 15.0. The Balaban J connectivity index is 0.000000177. The summed E-state index contributed by atoms with van der Waals surface area (Å²) < 4.78 is 350. The van der Waals surface area contributed by atoms with Gasteiger partial charge in [-0.1, -0.05) is 121 Å². The first-order chi connectivity index (χ1) is 67.2. The highest BCUT2D eigenvalue weighted by atomic mass is 32.2. The second-order valence-corrected chi connectivity index (χ2v) is 32.3. The number of fused-ring (bicyclic) bond motifs is 6. The topological polar surface area (TPSA) is 280 Å². The van der Waals surface area contributed by atoms with Crippen LogP contribution >= 0.6 is 0 Å². The van der Waals surface area contributed by atoms with E-state index in [1.54, 1.807) is 30.3 Å². The highest BCUT2D eigenvalue weighted by molar-refractivity contribution is 7.91. The van der Waals surface area contributed by atoms with Crippen molar-refractivity contribution in [3.63, 3.8) is 0 Å². The number of carbonyl (C=O) groups excluding carboxylic acids is 2. The van der Waals surface area contributed by atoms with Gasteiger partial charge in [-0.3, -0.25) is 9.59 Å². The summed E-state index contributed by atoms with van der Waals surface area (Å²) in [4.78, 5) is 73.5. The molecule has 0 fully saturated rings. The quantitative estimate of drug-likeness (QED) is 0.0591. The van der Waals surface area contributed by atoms with E-state index in [9.17, 15) is 139 Å². The van der Waals surface area contributed by atoms with Gasteiger partial charge in [-0.2, -0.15) is 111 Å². The van der Waals surface area contributed by atoms with Gasteiger partial charge in [0.15, 0.2) is 0 Å². The van der Waals surface area contributed by atoms with Crippen LogP contribution in [0.3, 0.4) is 0 Å². The van der Waals surface area contributed by atoms with E-state index in [0.717, 1.165) is 97.1 Å². The van der Waals surface area contributed by atoms with Crippen molar-refractivity contribution < 1.29 is 123 Å². The first-order valence-electron chi connectivity index (χ1n) is 39.9. The molecule has 0 N–H and O–H groups in total. The summed E-state index contributed by atoms with van der Waals surface area (Å²) >= 11 is 0. The minimum absolute atomic E-state index is 0.0361. The monoisotopic (exact) mass is 1990 g/mol. The molecule has 143 heavy (non-hydrogen) atoms. The van der Waals surface area contributed by atoms with Gasteiger partial charge in [0.2, 0.25) is 21.4 Å². The maximum Gasteiger partial charge on any atom is 0.416 e. The summed E-state index contributed by atoms with van der Waals surface area (Å²) in [5.74, 6) is -2.26. The zero-order chi connectivity index (χ0) is 104. The zero-order valence-electron chi connectivity index (χ0n) is 70.3. The van der Waals surface area contributed by atoms with E-state index in [1.165, 1.54) is 24.3 Å². The molecule has 708 valence electrons. The molecule has 0 radical (unpaired) electrons. The summed E-state index contributed by atoms with van der Waals surface area (Å²) in [6.45, 7) is 23.0. The van der Waals surface area contributed by atoms with Crippen molar-refractivity contribution in [3.05, 3.63) is 371 Å². The van der Waals surface area contributed by atoms with Gasteiger partial charge in [0.05, 0.1) is 171 Å². The first kappa shape index (κ1) is 99.3. The van der Waals surface area contributed by atoms with Gasteiger partial charge in [0.1, 0.15) is 22.8 Å². The number of rotatable bonds is 8. The van der Waals surface area contributed by atoms with E-state index in [2.05, 4.69) is 54.4 Å². The van der Waals surface area contributed by atoms with Crippen LogP contribution in [0.5, 0.6) is 0 Å². The van der Waals surface area contributed by atoms with Crippen LogP contribution in [0, 0.1) is 65.0 Å². The molecule has 0 unspecified atom stereocenters. The van der Waals surface area contributed by atoms with Crippen LogP contribution in [0.2, 0.25) is 0 Å². The Bertz CT molecular complexity index is 7640. The molecule has 5 heterocycles. The van der Waals surface area contributed by atoms with E-state index in [-0.39, 0.29) is 122 Å². The van der Waals surface area contributed by atoms with Crippen molar-refractivity contribution in [1.82, 2.24) is 39.9 Å². The highest BCUT2D eigenvalue weighted by Gasteiger charge is 2.43. The molecule has 17 rings (SSSR count). The van der Waals surface area contributed by atoms with Crippen LogP contribution in [-0.4, -0.2) is 59.9 Å². The standard InChI is InChI=1S/C44H16F12N8.C38H16F12N4O2.C17H7N3O2S/c1-59-29(19-57)31-37-39(63-35(23-7-15-27(16-8-23)43(51,52)53)33(61-37)21-3-11-25(12-4-21)41(45,46)47)32(30(20-58)60-2)40-38(31)62-34(22-5-13-26(14-6-22)42(48,49)50)36(64-40)24-9-17-28(18-10-24)44(54,55)56;39-35(40,41)21-9-1-17(2-10-21)25-26(18-3-11-22(12-4-18)36(42,43)44)52-30-29(51-25)33(55)31-32(34(30)56)54-28(20-7-15-24(16-8-20)38(48,49)50)27(53-31)19-5-13-23(14-6-19)37(45,46)47;1-20-14(10-19)17-12-4-2-3-5-15(12)23(21,22)16-8-11(9-18)6-7-13(16)17/h3-18H;1-16H;2-8H/b;;17-14+. The number of hydrogen-bond donors (Lipinski definition) is 0. The van der Waals surface area contributed by atoms with Crippen LogP contribution < -0.4 is 10.4 Å². The third-order valence-corrected chi connectivity index (χ3v) is 23.6. The molecule has 0 amide bonds. The normalized spacial score (nSPS) is 13.2. The number of aromatic nitrogens is 8. The molecule has 19 nitrogen and oxygen atoms in total. The molecule has 0 bridgehead atoms. The maximum absolute atomic E-state index is 14.1. The lowest BCUT2D eigenvalue weighted by atomic mass is 9.93. The number of nitrogens with zero attached hydrogens (tertiary/aromatic N) is 15. The molecule has 1 aliphatic heterocycles. The number of sulfone groups is 1. The Labute approximate surface area is 785 Å². The molecular weight excluding hydrogens is 1950 g/mol. The van der Waals surface area contributed by atoms with Crippen LogP contribution in [0.15, 0.2) is 252 Å². The zero-order valence-corrected chi connectivity index (χ0v) is 71.2. The van der Waals surface area contributed by atoms with Gasteiger partial charge < -0.3 is 0 Å². The second-order valence-electron chi connectivity index (χ2n) is 30.4. The van der Waals surface area contributed by atoms with E-state index in [4.69, 9.17) is 25.0 Å². The van der Waals surface area contributed by atoms with E-state index in [0.29, 0.717) is 103 Å². The van der Waals surface area contributed by atoms with Crippen molar-refractivity contribution in [2.75, 3.05) is 0 Å². The van der Waals surface area contributed by atoms with E-state index < -0.39 is 182 Å². The number of benzene rings is 11. The Morgan fingerprint density at radius 3 is 0.657 bits per heavy atom. The molecule has 11 aromatic carbocycles. The number of carbonyl (C=O) groups is 2. The summed E-state index contributed by atoms with van der Waals surface area (Å²) in [7, 11) is -3.81. The molecule has 0 spiro atoms. The fourth-order valence-corrected chi connectivity index (χ4v) is 16.7. The van der Waals surface area contributed by atoms with Gasteiger partial charge in [-0.05, 0) is 126 Å². The number of hydrogen-bond acceptors (Lipinski definition) is 16. The Hall–Kier alpha value is -18.2. The van der Waals surface area contributed by atoms with Gasteiger partial charge in [-0.15, -0.1) is 0 Å². The average Bonchev–Trinajstić information content (AvgIpc) is 0.714. The number of alkyl halides is 24. The molecule has 1 aliphatic carbocycles. The lowest BCUT2D eigenvalue weighted by Gasteiger charge is -2.23. The molecule has 0 atom stereocenters. The van der Waals surface area contributed by atoms with Gasteiger partial charge in [-0.25, -0.2) is 78.6 Å². The van der Waals surface area contributed by atoms with Crippen LogP contribution in [0.4, 0.5) is 105 Å². The van der Waals surface area contributed by atoms with Crippen LogP contribution in [0.1, 0.15) is 93.6 Å². The average molecular weight is 1990 g/mol. The van der Waals surface area contributed by atoms with Crippen molar-refractivity contribution in [2.24, 2.45) is 0 Å². The molecule has 4 aromatic heterocycles. The van der Waals surface area contributed by atoms with Crippen LogP contribution in [0.25, 0.3) is 144 Å². The van der Waals surface area contributed by atoms with Gasteiger partial charge in [0, 0.05) is 60.5 Å². The van der Waals surface area contributed by atoms with Crippen LogP contribution in [-0.2, 0) is 59.2 Å². The smallest absolute Gasteiger partial charge is 0.285 e. The third-order valence-electron chi connectivity index (χ3n) is 21.8. The molecular formula is C99H39F24N15O4S. The lowest BCUT2D eigenvalue weighted by Crippen LogP contribution is -2.27. The second kappa shape index (κ2) is 36.9. The van der Waals surface area contributed by atoms with Crippen molar-refractivity contribution in [1.29, 1.82) is 21.0 Å². The number of nitriles is 4. The Kier molecular flexibility index (Phi) is 25.6.